The molecule has 0 saturated carbocycles. The average Bonchev–Trinajstić information content (AvgIpc) is 2.74. The van der Waals surface area contributed by atoms with Crippen LogP contribution in [0.1, 0.15) is 30.0 Å². The average molecular weight is 454 g/mol. The first-order chi connectivity index (χ1) is 13.7. The van der Waals surface area contributed by atoms with E-state index in [2.05, 4.69) is 34.5 Å². The summed E-state index contributed by atoms with van der Waals surface area (Å²) in [6.07, 6.45) is 1.79. The molecule has 2 aliphatic heterocycles. The molecule has 2 saturated heterocycles. The van der Waals surface area contributed by atoms with E-state index in [0.717, 1.165) is 44.6 Å². The van der Waals surface area contributed by atoms with Crippen molar-refractivity contribution in [3.8, 4) is 0 Å². The minimum Gasteiger partial charge on any atom is -0.333 e. The van der Waals surface area contributed by atoms with Gasteiger partial charge in [-0.2, -0.15) is 0 Å². The van der Waals surface area contributed by atoms with Crippen LogP contribution in [-0.4, -0.2) is 48.4 Å². The fourth-order valence-electron chi connectivity index (χ4n) is 4.39. The highest BCUT2D eigenvalue weighted by Crippen LogP contribution is 2.28. The molecule has 1 unspecified atom stereocenters. The van der Waals surface area contributed by atoms with Crippen molar-refractivity contribution in [3.63, 3.8) is 0 Å². The quantitative estimate of drug-likeness (QED) is 0.757. The Bertz CT molecular complexity index is 800. The predicted molar refractivity (Wildman–Crippen MR) is 123 cm³/mol. The second kappa shape index (κ2) is 11.7. The van der Waals surface area contributed by atoms with Crippen LogP contribution in [0.5, 0.6) is 0 Å². The zero-order chi connectivity index (χ0) is 19.3. The fraction of sp³-hybridized carbons (Fsp3) is 0.435. The van der Waals surface area contributed by atoms with Crippen molar-refractivity contribution in [2.45, 2.75) is 25.4 Å². The van der Waals surface area contributed by atoms with Gasteiger partial charge in [-0.25, -0.2) is 4.39 Å². The molecule has 2 aromatic carbocycles. The lowest BCUT2D eigenvalue weighted by Gasteiger charge is -2.40. The molecule has 2 heterocycles. The number of nitrogens with zero attached hydrogens (tertiary/aromatic N) is 2. The van der Waals surface area contributed by atoms with Crippen LogP contribution >= 0.6 is 24.8 Å². The molecule has 0 aliphatic carbocycles. The predicted octanol–water partition coefficient (Wildman–Crippen LogP) is 4.05. The number of rotatable bonds is 4. The van der Waals surface area contributed by atoms with Gasteiger partial charge in [0.05, 0.1) is 6.04 Å². The Kier molecular flexibility index (Phi) is 9.56. The largest absolute Gasteiger partial charge is 0.333 e. The van der Waals surface area contributed by atoms with E-state index < -0.39 is 0 Å². The van der Waals surface area contributed by atoms with Gasteiger partial charge in [0.25, 0.3) is 0 Å². The molecule has 7 heteroatoms. The van der Waals surface area contributed by atoms with E-state index in [-0.39, 0.29) is 48.5 Å². The Morgan fingerprint density at radius 3 is 2.43 bits per heavy atom. The van der Waals surface area contributed by atoms with Gasteiger partial charge in [0, 0.05) is 32.1 Å². The van der Waals surface area contributed by atoms with Crippen LogP contribution in [0.15, 0.2) is 54.6 Å². The first-order valence-corrected chi connectivity index (χ1v) is 10.2. The monoisotopic (exact) mass is 453 g/mol. The van der Waals surface area contributed by atoms with Gasteiger partial charge < -0.3 is 10.2 Å². The van der Waals surface area contributed by atoms with Crippen molar-refractivity contribution in [2.24, 2.45) is 5.92 Å². The lowest BCUT2D eigenvalue weighted by Crippen LogP contribution is -2.51. The van der Waals surface area contributed by atoms with Crippen molar-refractivity contribution in [1.82, 2.24) is 15.1 Å². The Balaban J connectivity index is 0.00000160. The number of benzene rings is 2. The molecular formula is C23H30Cl2FN3O. The second-order valence-corrected chi connectivity index (χ2v) is 7.84. The number of hydrogen-bond acceptors (Lipinski definition) is 3. The first-order valence-electron chi connectivity index (χ1n) is 10.2. The summed E-state index contributed by atoms with van der Waals surface area (Å²) in [6.45, 7) is 5.00. The molecule has 1 amide bonds. The molecule has 0 bridgehead atoms. The molecule has 2 aliphatic rings. The summed E-state index contributed by atoms with van der Waals surface area (Å²) in [5.74, 6) is 0.0565. The van der Waals surface area contributed by atoms with Gasteiger partial charge in [-0.05, 0) is 49.2 Å². The molecule has 164 valence electrons. The third-order valence-electron chi connectivity index (χ3n) is 5.95. The van der Waals surface area contributed by atoms with Crippen LogP contribution in [0.3, 0.4) is 0 Å². The van der Waals surface area contributed by atoms with Crippen molar-refractivity contribution < 1.29 is 9.18 Å². The summed E-state index contributed by atoms with van der Waals surface area (Å²) in [5.41, 5.74) is 2.20. The van der Waals surface area contributed by atoms with Gasteiger partial charge in [-0.15, -0.1) is 24.8 Å². The van der Waals surface area contributed by atoms with Crippen LogP contribution in [0.4, 0.5) is 4.39 Å². The Morgan fingerprint density at radius 2 is 1.73 bits per heavy atom. The molecule has 30 heavy (non-hydrogen) atoms. The Labute approximate surface area is 190 Å². The van der Waals surface area contributed by atoms with Gasteiger partial charge >= 0.3 is 0 Å². The van der Waals surface area contributed by atoms with Crippen molar-refractivity contribution in [3.05, 3.63) is 71.5 Å². The number of halogens is 3. The molecular weight excluding hydrogens is 424 g/mol. The topological polar surface area (TPSA) is 35.6 Å². The molecule has 0 radical (unpaired) electrons. The fourth-order valence-corrected chi connectivity index (χ4v) is 4.39. The lowest BCUT2D eigenvalue weighted by atomic mass is 9.93. The maximum Gasteiger partial charge on any atom is 0.226 e. The van der Waals surface area contributed by atoms with Crippen molar-refractivity contribution in [2.75, 3.05) is 32.7 Å². The van der Waals surface area contributed by atoms with E-state index in [1.54, 1.807) is 12.1 Å². The number of likely N-dealkylation sites (tertiary alicyclic amines) is 1. The number of amides is 1. The number of nitrogens with one attached hydrogen (secondary N) is 1. The number of hydrogen-bond donors (Lipinski definition) is 1. The smallest absolute Gasteiger partial charge is 0.226 e. The number of carbonyl (C=O) groups is 1. The third kappa shape index (κ3) is 5.94. The zero-order valence-corrected chi connectivity index (χ0v) is 18.6. The van der Waals surface area contributed by atoms with Crippen molar-refractivity contribution >= 4 is 30.7 Å². The molecule has 0 spiro atoms. The third-order valence-corrected chi connectivity index (χ3v) is 5.95. The van der Waals surface area contributed by atoms with Crippen LogP contribution < -0.4 is 5.32 Å². The van der Waals surface area contributed by atoms with Crippen LogP contribution in [0.2, 0.25) is 0 Å². The minimum absolute atomic E-state index is 0. The van der Waals surface area contributed by atoms with Gasteiger partial charge in [0.2, 0.25) is 5.91 Å². The Morgan fingerprint density at radius 1 is 1.00 bits per heavy atom. The molecule has 4 rings (SSSR count). The number of piperidine rings is 1. The maximum absolute atomic E-state index is 13.7. The van der Waals surface area contributed by atoms with Crippen LogP contribution in [-0.2, 0) is 11.3 Å². The summed E-state index contributed by atoms with van der Waals surface area (Å²) in [6, 6.07) is 17.1. The van der Waals surface area contributed by atoms with Gasteiger partial charge in [0.15, 0.2) is 0 Å². The summed E-state index contributed by atoms with van der Waals surface area (Å²) in [4.78, 5) is 17.7. The molecule has 2 fully saturated rings. The van der Waals surface area contributed by atoms with E-state index in [1.165, 1.54) is 11.6 Å². The number of piperazine rings is 1. The van der Waals surface area contributed by atoms with E-state index in [4.69, 9.17) is 0 Å². The molecule has 0 aromatic heterocycles. The minimum atomic E-state index is -0.246. The standard InChI is InChI=1S/C23H28FN3O.2ClH/c24-21-8-4-7-20(15-21)22-16-25-11-14-27(22)23(28)19-9-12-26(13-10-19)17-18-5-2-1-3-6-18;;/h1-8,15,19,22,25H,9-14,16-17H2;2*1H. The van der Waals surface area contributed by atoms with Crippen molar-refractivity contribution in [1.29, 1.82) is 0 Å². The second-order valence-electron chi connectivity index (χ2n) is 7.84. The molecule has 4 nitrogen and oxygen atoms in total. The number of carbonyl (C=O) groups excluding carboxylic acids is 1. The van der Waals surface area contributed by atoms with E-state index in [9.17, 15) is 9.18 Å². The van der Waals surface area contributed by atoms with E-state index >= 15 is 0 Å². The normalized spacial score (nSPS) is 20.2. The van der Waals surface area contributed by atoms with E-state index in [1.807, 2.05) is 17.0 Å². The highest BCUT2D eigenvalue weighted by atomic mass is 35.5. The molecule has 1 N–H and O–H groups in total. The first kappa shape index (κ1) is 24.6. The Hall–Kier alpha value is -1.66. The summed E-state index contributed by atoms with van der Waals surface area (Å²) >= 11 is 0. The van der Waals surface area contributed by atoms with Gasteiger partial charge in [-0.3, -0.25) is 9.69 Å². The highest BCUT2D eigenvalue weighted by molar-refractivity contribution is 5.85. The lowest BCUT2D eigenvalue weighted by molar-refractivity contribution is -0.140. The molecule has 2 aromatic rings. The van der Waals surface area contributed by atoms with E-state index in [0.29, 0.717) is 13.1 Å². The van der Waals surface area contributed by atoms with Gasteiger partial charge in [-0.1, -0.05) is 42.5 Å². The maximum atomic E-state index is 13.7. The summed E-state index contributed by atoms with van der Waals surface area (Å²) in [7, 11) is 0. The van der Waals surface area contributed by atoms with Crippen LogP contribution in [0.25, 0.3) is 0 Å². The zero-order valence-electron chi connectivity index (χ0n) is 17.0. The SMILES string of the molecule is Cl.Cl.O=C(C1CCN(Cc2ccccc2)CC1)N1CCNCC1c1cccc(F)c1. The summed E-state index contributed by atoms with van der Waals surface area (Å²) < 4.78 is 13.7. The summed E-state index contributed by atoms with van der Waals surface area (Å²) in [5, 5.41) is 3.35. The van der Waals surface area contributed by atoms with Crippen LogP contribution in [0, 0.1) is 11.7 Å². The van der Waals surface area contributed by atoms with Gasteiger partial charge in [0.1, 0.15) is 5.82 Å². The highest BCUT2D eigenvalue weighted by Gasteiger charge is 2.34. The molecule has 1 atom stereocenters.